The van der Waals surface area contributed by atoms with Crippen LogP contribution in [0.3, 0.4) is 0 Å². The van der Waals surface area contributed by atoms with Crippen molar-refractivity contribution in [2.24, 2.45) is 11.0 Å². The molecule has 1 N–H and O–H groups in total. The van der Waals surface area contributed by atoms with Gasteiger partial charge in [-0.25, -0.2) is 9.80 Å². The van der Waals surface area contributed by atoms with Gasteiger partial charge in [0.05, 0.1) is 19.1 Å². The molecular formula is C26H30N4O5. The molecule has 184 valence electrons. The van der Waals surface area contributed by atoms with Crippen LogP contribution in [0.1, 0.15) is 62.8 Å². The predicted octanol–water partition coefficient (Wildman–Crippen LogP) is 3.86. The minimum absolute atomic E-state index is 0.0788. The first kappa shape index (κ1) is 23.1. The maximum atomic E-state index is 13.4. The van der Waals surface area contributed by atoms with Crippen molar-refractivity contribution in [1.29, 1.82) is 0 Å². The number of imide groups is 1. The van der Waals surface area contributed by atoms with Crippen molar-refractivity contribution in [1.82, 2.24) is 15.2 Å². The second-order valence-electron chi connectivity index (χ2n) is 9.61. The van der Waals surface area contributed by atoms with Gasteiger partial charge in [-0.15, -0.1) is 0 Å². The van der Waals surface area contributed by atoms with Crippen LogP contribution in [0.25, 0.3) is 0 Å². The van der Waals surface area contributed by atoms with E-state index in [0.29, 0.717) is 17.9 Å². The largest absolute Gasteiger partial charge is 0.497 e. The van der Waals surface area contributed by atoms with Crippen molar-refractivity contribution in [3.63, 3.8) is 0 Å². The summed E-state index contributed by atoms with van der Waals surface area (Å²) in [4.78, 5) is 40.6. The summed E-state index contributed by atoms with van der Waals surface area (Å²) in [6.07, 6.45) is 7.03. The zero-order valence-electron chi connectivity index (χ0n) is 20.0. The van der Waals surface area contributed by atoms with Crippen LogP contribution in [0, 0.1) is 5.92 Å². The summed E-state index contributed by atoms with van der Waals surface area (Å²) in [7, 11) is 1.60. The molecule has 2 fully saturated rings. The Bertz CT molecular complexity index is 1140. The Labute approximate surface area is 204 Å². The summed E-state index contributed by atoms with van der Waals surface area (Å²) >= 11 is 0. The molecule has 35 heavy (non-hydrogen) atoms. The van der Waals surface area contributed by atoms with Gasteiger partial charge >= 0.3 is 6.03 Å². The molecule has 2 aliphatic heterocycles. The number of hydrogen-bond donors (Lipinski definition) is 1. The summed E-state index contributed by atoms with van der Waals surface area (Å²) in [6.45, 7) is 1.42. The highest BCUT2D eigenvalue weighted by Gasteiger charge is 2.53. The van der Waals surface area contributed by atoms with Crippen LogP contribution < -0.4 is 10.1 Å². The standard InChI is InChI=1S/C26H30N4O5/c1-26(18-7-4-3-5-8-18)24(32)29(25(33)27-26)16-23(31)30-21(22-9-6-14-35-22)15-20(28-30)17-10-12-19(34-2)13-11-17/h6,9-14,18,21H,3-5,7-8,15-16H2,1-2H3,(H,27,33)/t21-,26+/m0/s1. The molecule has 1 aromatic carbocycles. The highest BCUT2D eigenvalue weighted by atomic mass is 16.5. The molecule has 1 aliphatic carbocycles. The van der Waals surface area contributed by atoms with Crippen molar-refractivity contribution in [2.45, 2.75) is 57.0 Å². The lowest BCUT2D eigenvalue weighted by Gasteiger charge is -2.34. The molecule has 9 nitrogen and oxygen atoms in total. The topological polar surface area (TPSA) is 104 Å². The van der Waals surface area contributed by atoms with Crippen LogP contribution in [-0.4, -0.2) is 52.7 Å². The van der Waals surface area contributed by atoms with Crippen molar-refractivity contribution in [3.8, 4) is 5.75 Å². The Morgan fingerprint density at radius 2 is 1.91 bits per heavy atom. The van der Waals surface area contributed by atoms with Gasteiger partial charge in [-0.05, 0) is 67.6 Å². The van der Waals surface area contributed by atoms with E-state index < -0.39 is 23.5 Å². The Morgan fingerprint density at radius 1 is 1.17 bits per heavy atom. The van der Waals surface area contributed by atoms with Gasteiger partial charge in [-0.1, -0.05) is 19.3 Å². The zero-order valence-corrected chi connectivity index (χ0v) is 20.0. The number of amides is 4. The van der Waals surface area contributed by atoms with Gasteiger partial charge in [-0.3, -0.25) is 14.5 Å². The first-order chi connectivity index (χ1) is 16.9. The molecule has 1 saturated heterocycles. The average molecular weight is 479 g/mol. The van der Waals surface area contributed by atoms with Gasteiger partial charge in [0.1, 0.15) is 29.6 Å². The smallest absolute Gasteiger partial charge is 0.325 e. The van der Waals surface area contributed by atoms with Gasteiger partial charge in [0.2, 0.25) is 0 Å². The second-order valence-corrected chi connectivity index (χ2v) is 9.61. The number of urea groups is 1. The Morgan fingerprint density at radius 3 is 2.57 bits per heavy atom. The van der Waals surface area contributed by atoms with Crippen molar-refractivity contribution < 1.29 is 23.5 Å². The second kappa shape index (κ2) is 9.20. The van der Waals surface area contributed by atoms with E-state index in [1.165, 1.54) is 5.01 Å². The number of rotatable bonds is 6. The average Bonchev–Trinajstić information content (AvgIpc) is 3.61. The van der Waals surface area contributed by atoms with E-state index in [1.807, 2.05) is 24.3 Å². The minimum Gasteiger partial charge on any atom is -0.497 e. The van der Waals surface area contributed by atoms with Crippen molar-refractivity contribution >= 4 is 23.6 Å². The highest BCUT2D eigenvalue weighted by Crippen LogP contribution is 2.37. The quantitative estimate of drug-likeness (QED) is 0.635. The highest BCUT2D eigenvalue weighted by molar-refractivity contribution is 6.09. The summed E-state index contributed by atoms with van der Waals surface area (Å²) in [6, 6.07) is 10.0. The van der Waals surface area contributed by atoms with Gasteiger partial charge < -0.3 is 14.5 Å². The van der Waals surface area contributed by atoms with Crippen LogP contribution >= 0.6 is 0 Å². The number of furan rings is 1. The molecule has 5 rings (SSSR count). The van der Waals surface area contributed by atoms with E-state index in [2.05, 4.69) is 10.4 Å². The Hall–Kier alpha value is -3.62. The molecule has 2 aromatic rings. The summed E-state index contributed by atoms with van der Waals surface area (Å²) < 4.78 is 10.8. The lowest BCUT2D eigenvalue weighted by atomic mass is 9.75. The van der Waals surface area contributed by atoms with Crippen molar-refractivity contribution in [2.75, 3.05) is 13.7 Å². The van der Waals surface area contributed by atoms with E-state index >= 15 is 0 Å². The molecule has 2 atom stereocenters. The molecule has 1 saturated carbocycles. The fourth-order valence-corrected chi connectivity index (χ4v) is 5.42. The summed E-state index contributed by atoms with van der Waals surface area (Å²) in [5, 5.41) is 8.82. The van der Waals surface area contributed by atoms with Gasteiger partial charge in [0, 0.05) is 6.42 Å². The SMILES string of the molecule is COc1ccc(C2=NN(C(=O)CN3C(=O)N[C@](C)(C4CCCCC4)C3=O)[C@H](c3ccco3)C2)cc1. The number of ether oxygens (including phenoxy) is 1. The molecule has 4 amide bonds. The number of nitrogens with zero attached hydrogens (tertiary/aromatic N) is 3. The molecule has 0 spiro atoms. The Balaban J connectivity index is 1.37. The monoisotopic (exact) mass is 478 g/mol. The van der Waals surface area contributed by atoms with Crippen LogP contribution in [0.15, 0.2) is 52.2 Å². The van der Waals surface area contributed by atoms with E-state index in [0.717, 1.165) is 48.3 Å². The number of nitrogens with one attached hydrogen (secondary N) is 1. The summed E-state index contributed by atoms with van der Waals surface area (Å²) in [5.41, 5.74) is 0.602. The van der Waals surface area contributed by atoms with Gasteiger partial charge in [-0.2, -0.15) is 5.10 Å². The zero-order chi connectivity index (χ0) is 24.6. The third kappa shape index (κ3) is 4.19. The van der Waals surface area contributed by atoms with Crippen molar-refractivity contribution in [3.05, 3.63) is 54.0 Å². The number of benzene rings is 1. The van der Waals surface area contributed by atoms with Gasteiger partial charge in [0.15, 0.2) is 0 Å². The maximum absolute atomic E-state index is 13.4. The molecule has 0 unspecified atom stereocenters. The first-order valence-corrected chi connectivity index (χ1v) is 12.1. The molecule has 0 radical (unpaired) electrons. The molecule has 9 heteroatoms. The lowest BCUT2D eigenvalue weighted by Crippen LogP contribution is -2.51. The molecule has 1 aromatic heterocycles. The molecule has 3 aliphatic rings. The van der Waals surface area contributed by atoms with Crippen LogP contribution in [0.2, 0.25) is 0 Å². The van der Waals surface area contributed by atoms with Crippen LogP contribution in [-0.2, 0) is 9.59 Å². The number of hydrogen-bond acceptors (Lipinski definition) is 6. The number of carbonyl (C=O) groups excluding carboxylic acids is 3. The fraction of sp³-hybridized carbons (Fsp3) is 0.462. The van der Waals surface area contributed by atoms with E-state index in [-0.39, 0.29) is 18.4 Å². The lowest BCUT2D eigenvalue weighted by molar-refractivity contribution is -0.141. The van der Waals surface area contributed by atoms with Gasteiger partial charge in [0.25, 0.3) is 11.8 Å². The molecule has 0 bridgehead atoms. The number of carbonyl (C=O) groups is 3. The third-order valence-electron chi connectivity index (χ3n) is 7.48. The van der Waals surface area contributed by atoms with E-state index in [9.17, 15) is 14.4 Å². The third-order valence-corrected chi connectivity index (χ3v) is 7.48. The van der Waals surface area contributed by atoms with E-state index in [1.54, 1.807) is 32.4 Å². The minimum atomic E-state index is -0.971. The fourth-order valence-electron chi connectivity index (χ4n) is 5.42. The number of hydrazone groups is 1. The Kier molecular flexibility index (Phi) is 6.08. The van der Waals surface area contributed by atoms with E-state index in [4.69, 9.17) is 9.15 Å². The van der Waals surface area contributed by atoms with Crippen LogP contribution in [0.4, 0.5) is 4.79 Å². The van der Waals surface area contributed by atoms with Crippen LogP contribution in [0.5, 0.6) is 5.75 Å². The normalized spacial score (nSPS) is 25.1. The molecular weight excluding hydrogens is 448 g/mol. The number of methoxy groups -OCH3 is 1. The summed E-state index contributed by atoms with van der Waals surface area (Å²) in [5.74, 6) is 0.620. The predicted molar refractivity (Wildman–Crippen MR) is 128 cm³/mol. The molecule has 3 heterocycles. The first-order valence-electron chi connectivity index (χ1n) is 12.1. The maximum Gasteiger partial charge on any atom is 0.325 e.